The van der Waals surface area contributed by atoms with Crippen molar-refractivity contribution in [2.75, 3.05) is 36.1 Å². The molecule has 0 bridgehead atoms. The quantitative estimate of drug-likeness (QED) is 0.887. The Morgan fingerprint density at radius 1 is 1.11 bits per heavy atom. The van der Waals surface area contributed by atoms with Gasteiger partial charge in [0, 0.05) is 48.9 Å². The van der Waals surface area contributed by atoms with Crippen LogP contribution in [0.2, 0.25) is 0 Å². The van der Waals surface area contributed by atoms with Gasteiger partial charge in [-0.1, -0.05) is 37.3 Å². The minimum absolute atomic E-state index is 0.00782. The second-order valence-electron chi connectivity index (χ2n) is 8.56. The highest BCUT2D eigenvalue weighted by molar-refractivity contribution is 5.58. The number of ether oxygens (including phenoxy) is 1. The molecule has 1 aliphatic carbocycles. The third kappa shape index (κ3) is 3.12. The highest BCUT2D eigenvalue weighted by atomic mass is 16.5. The first-order valence-electron chi connectivity index (χ1n) is 10.6. The van der Waals surface area contributed by atoms with E-state index in [1.54, 1.807) is 6.07 Å². The molecule has 1 aromatic heterocycles. The Labute approximate surface area is 166 Å². The summed E-state index contributed by atoms with van der Waals surface area (Å²) in [5.74, 6) is 2.39. The summed E-state index contributed by atoms with van der Waals surface area (Å²) < 4.78 is 5.48. The van der Waals surface area contributed by atoms with Crippen molar-refractivity contribution in [2.45, 2.75) is 38.3 Å². The number of anilines is 2. The zero-order chi connectivity index (χ0) is 19.1. The Morgan fingerprint density at radius 3 is 2.68 bits per heavy atom. The highest BCUT2D eigenvalue weighted by Crippen LogP contribution is 2.50. The number of nitrogens with zero attached hydrogens (tertiary/aromatic N) is 2. The standard InChI is InChI=1S/C23H29N3O2/c1-16-7-8-19-20(13-17-5-3-2-4-6-17)26(23(16)19)21-14-18(15-22(27)24-21)25-9-11-28-12-10-25/h2-6,14-16,19-20,23H,7-13H2,1H3,(H,24,27)/t16-,19?,20-,23+/m1/s1. The van der Waals surface area contributed by atoms with Gasteiger partial charge in [0.25, 0.3) is 5.56 Å². The zero-order valence-corrected chi connectivity index (χ0v) is 16.5. The van der Waals surface area contributed by atoms with Crippen molar-refractivity contribution in [3.8, 4) is 0 Å². The molecule has 3 aliphatic rings. The maximum atomic E-state index is 12.5. The van der Waals surface area contributed by atoms with Crippen LogP contribution >= 0.6 is 0 Å². The minimum Gasteiger partial charge on any atom is -0.378 e. The van der Waals surface area contributed by atoms with E-state index in [1.807, 2.05) is 0 Å². The fraction of sp³-hybridized carbons (Fsp3) is 0.522. The summed E-state index contributed by atoms with van der Waals surface area (Å²) in [6, 6.07) is 15.7. The summed E-state index contributed by atoms with van der Waals surface area (Å²) in [5.41, 5.74) is 2.39. The van der Waals surface area contributed by atoms with Crippen molar-refractivity contribution in [1.82, 2.24) is 4.98 Å². The van der Waals surface area contributed by atoms with E-state index in [2.05, 4.69) is 58.1 Å². The topological polar surface area (TPSA) is 48.6 Å². The summed E-state index contributed by atoms with van der Waals surface area (Å²) in [4.78, 5) is 20.4. The zero-order valence-electron chi connectivity index (χ0n) is 16.5. The van der Waals surface area contributed by atoms with Crippen molar-refractivity contribution in [3.63, 3.8) is 0 Å². The van der Waals surface area contributed by atoms with Gasteiger partial charge < -0.3 is 19.5 Å². The minimum atomic E-state index is -0.00782. The summed E-state index contributed by atoms with van der Waals surface area (Å²) in [6.07, 6.45) is 3.62. The highest BCUT2D eigenvalue weighted by Gasteiger charge is 2.53. The molecule has 2 aliphatic heterocycles. The molecule has 5 nitrogen and oxygen atoms in total. The number of aromatic amines is 1. The van der Waals surface area contributed by atoms with E-state index in [9.17, 15) is 4.79 Å². The van der Waals surface area contributed by atoms with Crippen LogP contribution < -0.4 is 15.4 Å². The molecule has 5 rings (SSSR count). The van der Waals surface area contributed by atoms with Crippen molar-refractivity contribution < 1.29 is 4.74 Å². The van der Waals surface area contributed by atoms with Crippen molar-refractivity contribution in [1.29, 1.82) is 0 Å². The van der Waals surface area contributed by atoms with Gasteiger partial charge in [0.15, 0.2) is 0 Å². The molecule has 4 atom stereocenters. The SMILES string of the molecule is C[C@@H]1CCC2[C@@H](Cc3ccccc3)N(c3cc(N4CCOCC4)cc(=O)[nH]3)[C@H]21. The first-order chi connectivity index (χ1) is 13.7. The molecule has 0 spiro atoms. The number of morpholine rings is 1. The molecular formula is C23H29N3O2. The Hall–Kier alpha value is -2.27. The molecule has 2 aromatic rings. The average Bonchev–Trinajstić information content (AvgIpc) is 3.03. The van der Waals surface area contributed by atoms with E-state index < -0.39 is 0 Å². The van der Waals surface area contributed by atoms with Crippen molar-refractivity contribution >= 4 is 11.5 Å². The Balaban J connectivity index is 1.47. The van der Waals surface area contributed by atoms with E-state index >= 15 is 0 Å². The van der Waals surface area contributed by atoms with Gasteiger partial charge in [-0.25, -0.2) is 0 Å². The lowest BCUT2D eigenvalue weighted by Crippen LogP contribution is -2.65. The number of fused-ring (bicyclic) bond motifs is 1. The molecule has 148 valence electrons. The normalized spacial score (nSPS) is 29.5. The monoisotopic (exact) mass is 379 g/mol. The summed E-state index contributed by atoms with van der Waals surface area (Å²) in [5, 5.41) is 0. The molecule has 1 unspecified atom stereocenters. The van der Waals surface area contributed by atoms with Gasteiger partial charge in [0.05, 0.1) is 13.2 Å². The predicted octanol–water partition coefficient (Wildman–Crippen LogP) is 3.06. The first kappa shape index (κ1) is 17.8. The molecule has 0 radical (unpaired) electrons. The van der Waals surface area contributed by atoms with Gasteiger partial charge in [-0.2, -0.15) is 0 Å². The molecule has 1 aromatic carbocycles. The molecule has 1 saturated carbocycles. The lowest BCUT2D eigenvalue weighted by atomic mass is 9.76. The van der Waals surface area contributed by atoms with Crippen LogP contribution in [0.25, 0.3) is 0 Å². The lowest BCUT2D eigenvalue weighted by Gasteiger charge is -2.55. The number of aromatic nitrogens is 1. The molecule has 0 amide bonds. The predicted molar refractivity (Wildman–Crippen MR) is 112 cm³/mol. The van der Waals surface area contributed by atoms with Gasteiger partial charge in [0.2, 0.25) is 0 Å². The third-order valence-electron chi connectivity index (χ3n) is 6.91. The smallest absolute Gasteiger partial charge is 0.251 e. The van der Waals surface area contributed by atoms with Gasteiger partial charge in [-0.05, 0) is 30.7 Å². The summed E-state index contributed by atoms with van der Waals surface area (Å²) in [6.45, 7) is 5.51. The maximum Gasteiger partial charge on any atom is 0.251 e. The third-order valence-corrected chi connectivity index (χ3v) is 6.91. The second kappa shape index (κ2) is 7.28. The fourth-order valence-corrected chi connectivity index (χ4v) is 5.55. The average molecular weight is 380 g/mol. The van der Waals surface area contributed by atoms with E-state index in [0.717, 1.165) is 50.1 Å². The van der Waals surface area contributed by atoms with Crippen molar-refractivity contribution in [2.24, 2.45) is 11.8 Å². The molecular weight excluding hydrogens is 350 g/mol. The number of hydrogen-bond acceptors (Lipinski definition) is 4. The summed E-state index contributed by atoms with van der Waals surface area (Å²) >= 11 is 0. The van der Waals surface area contributed by atoms with Crippen LogP contribution in [0.5, 0.6) is 0 Å². The number of rotatable bonds is 4. The van der Waals surface area contributed by atoms with Crippen LogP contribution in [0, 0.1) is 11.8 Å². The van der Waals surface area contributed by atoms with Gasteiger partial charge in [-0.15, -0.1) is 0 Å². The van der Waals surface area contributed by atoms with Gasteiger partial charge in [-0.3, -0.25) is 4.79 Å². The second-order valence-corrected chi connectivity index (χ2v) is 8.56. The Bertz CT molecular complexity index is 875. The number of pyridine rings is 1. The number of nitrogens with one attached hydrogen (secondary N) is 1. The van der Waals surface area contributed by atoms with E-state index in [4.69, 9.17) is 4.74 Å². The van der Waals surface area contributed by atoms with Crippen LogP contribution in [-0.2, 0) is 11.2 Å². The van der Waals surface area contributed by atoms with E-state index in [-0.39, 0.29) is 5.56 Å². The lowest BCUT2D eigenvalue weighted by molar-refractivity contribution is 0.122. The van der Waals surface area contributed by atoms with E-state index in [0.29, 0.717) is 18.0 Å². The van der Waals surface area contributed by atoms with Crippen molar-refractivity contribution in [3.05, 3.63) is 58.4 Å². The fourth-order valence-electron chi connectivity index (χ4n) is 5.55. The summed E-state index contributed by atoms with van der Waals surface area (Å²) in [7, 11) is 0. The van der Waals surface area contributed by atoms with Crippen LogP contribution in [0.15, 0.2) is 47.3 Å². The van der Waals surface area contributed by atoms with Crippen LogP contribution in [0.3, 0.4) is 0 Å². The largest absolute Gasteiger partial charge is 0.378 e. The van der Waals surface area contributed by atoms with Crippen LogP contribution in [-0.4, -0.2) is 43.4 Å². The number of H-pyrrole nitrogens is 1. The Morgan fingerprint density at radius 2 is 1.89 bits per heavy atom. The van der Waals surface area contributed by atoms with E-state index in [1.165, 1.54) is 18.4 Å². The molecule has 2 saturated heterocycles. The number of benzene rings is 1. The Kier molecular flexibility index (Phi) is 4.63. The molecule has 3 heterocycles. The van der Waals surface area contributed by atoms with Gasteiger partial charge >= 0.3 is 0 Å². The molecule has 5 heteroatoms. The maximum absolute atomic E-state index is 12.5. The molecule has 28 heavy (non-hydrogen) atoms. The van der Waals surface area contributed by atoms with Crippen LogP contribution in [0.1, 0.15) is 25.3 Å². The first-order valence-corrected chi connectivity index (χ1v) is 10.6. The van der Waals surface area contributed by atoms with Gasteiger partial charge in [0.1, 0.15) is 5.82 Å². The molecule has 1 N–H and O–H groups in total. The number of hydrogen-bond donors (Lipinski definition) is 1. The molecule has 3 fully saturated rings. The van der Waals surface area contributed by atoms with Crippen LogP contribution in [0.4, 0.5) is 11.5 Å².